The van der Waals surface area contributed by atoms with Crippen LogP contribution in [-0.4, -0.2) is 61.7 Å². The molecule has 1 fully saturated rings. The lowest BCUT2D eigenvalue weighted by Gasteiger charge is -2.21. The SMILES string of the molecule is CCCCCNc1nc(C)c(-c2nc3ccccc3s2)c(N[C@@H]2C[C@H](CO)[C@@H](O)[C@H]2O)n1. The van der Waals surface area contributed by atoms with Crippen LogP contribution in [0.1, 0.15) is 38.3 Å². The minimum absolute atomic E-state index is 0.172. The average molecular weight is 458 g/mol. The van der Waals surface area contributed by atoms with Crippen LogP contribution in [0.5, 0.6) is 0 Å². The van der Waals surface area contributed by atoms with E-state index in [1.54, 1.807) is 11.3 Å². The zero-order chi connectivity index (χ0) is 22.7. The van der Waals surface area contributed by atoms with Crippen molar-refractivity contribution in [1.82, 2.24) is 15.0 Å². The maximum atomic E-state index is 10.5. The molecule has 4 rings (SSSR count). The highest BCUT2D eigenvalue weighted by atomic mass is 32.1. The van der Waals surface area contributed by atoms with E-state index < -0.39 is 18.2 Å². The minimum Gasteiger partial charge on any atom is -0.396 e. The zero-order valence-corrected chi connectivity index (χ0v) is 19.3. The van der Waals surface area contributed by atoms with Crippen LogP contribution in [0.4, 0.5) is 11.8 Å². The van der Waals surface area contributed by atoms with Crippen LogP contribution in [0.25, 0.3) is 20.8 Å². The Morgan fingerprint density at radius 1 is 1.09 bits per heavy atom. The molecule has 1 aliphatic carbocycles. The van der Waals surface area contributed by atoms with Crippen molar-refractivity contribution in [2.24, 2.45) is 5.92 Å². The Labute approximate surface area is 191 Å². The van der Waals surface area contributed by atoms with Gasteiger partial charge >= 0.3 is 0 Å². The third kappa shape index (κ3) is 4.71. The molecule has 0 amide bonds. The standard InChI is InChI=1S/C23H31N5O3S/c1-3-4-7-10-24-23-25-13(2)18(22-27-15-8-5-6-9-17(15)32-22)21(28-23)26-16-11-14(12-29)19(30)20(16)31/h5-6,8-9,14,16,19-20,29-31H,3-4,7,10-12H2,1-2H3,(H2,24,25,26,28)/t14-,16-,19-,20+/m1/s1. The highest BCUT2D eigenvalue weighted by Crippen LogP contribution is 2.38. The van der Waals surface area contributed by atoms with Crippen LogP contribution in [0, 0.1) is 12.8 Å². The second kappa shape index (κ2) is 10.1. The fourth-order valence-corrected chi connectivity index (χ4v) is 5.25. The lowest BCUT2D eigenvalue weighted by atomic mass is 10.1. The van der Waals surface area contributed by atoms with Crippen molar-refractivity contribution < 1.29 is 15.3 Å². The Hall–Kier alpha value is -2.33. The molecule has 2 aromatic heterocycles. The Balaban J connectivity index is 1.69. The maximum absolute atomic E-state index is 10.5. The largest absolute Gasteiger partial charge is 0.396 e. The molecule has 0 unspecified atom stereocenters. The van der Waals surface area contributed by atoms with Crippen LogP contribution in [0.15, 0.2) is 24.3 Å². The van der Waals surface area contributed by atoms with Gasteiger partial charge in [0.15, 0.2) is 0 Å². The Morgan fingerprint density at radius 3 is 2.62 bits per heavy atom. The second-order valence-corrected chi connectivity index (χ2v) is 9.42. The summed E-state index contributed by atoms with van der Waals surface area (Å²) in [6, 6.07) is 7.53. The van der Waals surface area contributed by atoms with Crippen molar-refractivity contribution in [3.05, 3.63) is 30.0 Å². The van der Waals surface area contributed by atoms with E-state index >= 15 is 0 Å². The third-order valence-electron chi connectivity index (χ3n) is 6.02. The molecule has 0 aliphatic heterocycles. The number of para-hydroxylation sites is 1. The molecule has 0 radical (unpaired) electrons. The number of benzene rings is 1. The summed E-state index contributed by atoms with van der Waals surface area (Å²) >= 11 is 1.57. The number of thiazole rings is 1. The topological polar surface area (TPSA) is 123 Å². The first-order valence-corrected chi connectivity index (χ1v) is 12.1. The summed E-state index contributed by atoms with van der Waals surface area (Å²) in [5.41, 5.74) is 2.49. The summed E-state index contributed by atoms with van der Waals surface area (Å²) in [5, 5.41) is 37.8. The van der Waals surface area contributed by atoms with E-state index in [0.717, 1.165) is 52.3 Å². The number of nitrogens with one attached hydrogen (secondary N) is 2. The first-order valence-electron chi connectivity index (χ1n) is 11.2. The molecule has 4 atom stereocenters. The van der Waals surface area contributed by atoms with Gasteiger partial charge in [-0.25, -0.2) is 9.97 Å². The molecule has 1 aromatic carbocycles. The summed E-state index contributed by atoms with van der Waals surface area (Å²) in [4.78, 5) is 14.2. The first-order chi connectivity index (χ1) is 15.5. The van der Waals surface area contributed by atoms with Crippen LogP contribution in [0.2, 0.25) is 0 Å². The molecule has 0 saturated heterocycles. The van der Waals surface area contributed by atoms with Gasteiger partial charge in [0.2, 0.25) is 5.95 Å². The van der Waals surface area contributed by atoms with Gasteiger partial charge in [0.1, 0.15) is 16.9 Å². The molecule has 0 spiro atoms. The molecule has 172 valence electrons. The van der Waals surface area contributed by atoms with Crippen molar-refractivity contribution in [2.75, 3.05) is 23.8 Å². The predicted octanol–water partition coefficient (Wildman–Crippen LogP) is 3.18. The molecule has 32 heavy (non-hydrogen) atoms. The van der Waals surface area contributed by atoms with E-state index in [-0.39, 0.29) is 12.5 Å². The number of hydrogen-bond donors (Lipinski definition) is 5. The van der Waals surface area contributed by atoms with E-state index in [2.05, 4.69) is 22.5 Å². The number of fused-ring (bicyclic) bond motifs is 1. The van der Waals surface area contributed by atoms with Crippen molar-refractivity contribution in [2.45, 2.75) is 57.8 Å². The molecule has 9 heteroatoms. The number of anilines is 2. The van der Waals surface area contributed by atoms with E-state index in [4.69, 9.17) is 9.97 Å². The van der Waals surface area contributed by atoms with E-state index in [1.807, 2.05) is 31.2 Å². The zero-order valence-electron chi connectivity index (χ0n) is 18.5. The van der Waals surface area contributed by atoms with Crippen molar-refractivity contribution in [1.29, 1.82) is 0 Å². The van der Waals surface area contributed by atoms with E-state index in [0.29, 0.717) is 18.2 Å². The smallest absolute Gasteiger partial charge is 0.224 e. The van der Waals surface area contributed by atoms with Gasteiger partial charge in [0.05, 0.1) is 33.6 Å². The molecule has 8 nitrogen and oxygen atoms in total. The molecule has 1 saturated carbocycles. The molecule has 1 aliphatic rings. The highest BCUT2D eigenvalue weighted by molar-refractivity contribution is 7.21. The fraction of sp³-hybridized carbons (Fsp3) is 0.522. The van der Waals surface area contributed by atoms with Gasteiger partial charge in [-0.05, 0) is 31.9 Å². The molecular formula is C23H31N5O3S. The van der Waals surface area contributed by atoms with Gasteiger partial charge in [-0.1, -0.05) is 31.9 Å². The molecular weight excluding hydrogens is 426 g/mol. The summed E-state index contributed by atoms with van der Waals surface area (Å²) in [7, 11) is 0. The molecule has 3 aromatic rings. The monoisotopic (exact) mass is 457 g/mol. The highest BCUT2D eigenvalue weighted by Gasteiger charge is 2.41. The number of rotatable bonds is 9. The van der Waals surface area contributed by atoms with Gasteiger partial charge in [0.25, 0.3) is 0 Å². The number of aliphatic hydroxyl groups is 3. The quantitative estimate of drug-likeness (QED) is 0.311. The number of aliphatic hydroxyl groups excluding tert-OH is 3. The van der Waals surface area contributed by atoms with Gasteiger partial charge < -0.3 is 26.0 Å². The van der Waals surface area contributed by atoms with Crippen molar-refractivity contribution >= 4 is 33.3 Å². The van der Waals surface area contributed by atoms with Gasteiger partial charge in [-0.2, -0.15) is 4.98 Å². The number of aryl methyl sites for hydroxylation is 1. The predicted molar refractivity (Wildman–Crippen MR) is 128 cm³/mol. The summed E-state index contributed by atoms with van der Waals surface area (Å²) < 4.78 is 1.08. The minimum atomic E-state index is -0.994. The van der Waals surface area contributed by atoms with Gasteiger partial charge in [-0.15, -0.1) is 11.3 Å². The molecule has 2 heterocycles. The van der Waals surface area contributed by atoms with Gasteiger partial charge in [0, 0.05) is 19.1 Å². The van der Waals surface area contributed by atoms with Crippen LogP contribution >= 0.6 is 11.3 Å². The van der Waals surface area contributed by atoms with Crippen molar-refractivity contribution in [3.8, 4) is 10.6 Å². The summed E-state index contributed by atoms with van der Waals surface area (Å²) in [5.74, 6) is 0.727. The van der Waals surface area contributed by atoms with E-state index in [1.165, 1.54) is 0 Å². The first kappa shape index (κ1) is 22.8. The summed E-state index contributed by atoms with van der Waals surface area (Å²) in [6.07, 6.45) is 1.78. The Kier molecular flexibility index (Phi) is 7.20. The Morgan fingerprint density at radius 2 is 1.91 bits per heavy atom. The summed E-state index contributed by atoms with van der Waals surface area (Å²) in [6.45, 7) is 4.71. The number of nitrogens with zero attached hydrogens (tertiary/aromatic N) is 3. The number of hydrogen-bond acceptors (Lipinski definition) is 9. The third-order valence-corrected chi connectivity index (χ3v) is 7.07. The molecule has 5 N–H and O–H groups in total. The molecule has 0 bridgehead atoms. The normalized spacial score (nSPS) is 23.0. The number of unbranched alkanes of at least 4 members (excludes halogenated alkanes) is 2. The van der Waals surface area contributed by atoms with Crippen LogP contribution < -0.4 is 10.6 Å². The maximum Gasteiger partial charge on any atom is 0.224 e. The van der Waals surface area contributed by atoms with E-state index in [9.17, 15) is 15.3 Å². The number of aromatic nitrogens is 3. The second-order valence-electron chi connectivity index (χ2n) is 8.39. The van der Waals surface area contributed by atoms with Crippen LogP contribution in [-0.2, 0) is 0 Å². The fourth-order valence-electron chi connectivity index (χ4n) is 4.19. The lowest BCUT2D eigenvalue weighted by Crippen LogP contribution is -2.35. The average Bonchev–Trinajstić information content (AvgIpc) is 3.32. The van der Waals surface area contributed by atoms with Crippen molar-refractivity contribution in [3.63, 3.8) is 0 Å². The lowest BCUT2D eigenvalue weighted by molar-refractivity contribution is 0.00446. The van der Waals surface area contributed by atoms with Gasteiger partial charge in [-0.3, -0.25) is 0 Å². The Bertz CT molecular complexity index is 1030. The van der Waals surface area contributed by atoms with Crippen LogP contribution in [0.3, 0.4) is 0 Å².